The molecule has 3 N–H and O–H groups in total. The Morgan fingerprint density at radius 2 is 2.32 bits per heavy atom. The number of nitrogens with zero attached hydrogens (tertiary/aromatic N) is 2. The number of morpholine rings is 1. The Hall–Kier alpha value is -2.02. The SMILES string of the molecule is Cc1cc(C(=O)N2CCOC(C(N)=NO)C2)c(C)o1. The smallest absolute Gasteiger partial charge is 0.257 e. The summed E-state index contributed by atoms with van der Waals surface area (Å²) < 4.78 is 10.7. The van der Waals surface area contributed by atoms with Gasteiger partial charge in [0, 0.05) is 6.54 Å². The van der Waals surface area contributed by atoms with Crippen molar-refractivity contribution in [3.8, 4) is 0 Å². The molecular formula is C12H17N3O4. The van der Waals surface area contributed by atoms with Crippen molar-refractivity contribution < 1.29 is 19.2 Å². The maximum Gasteiger partial charge on any atom is 0.257 e. The Bertz CT molecular complexity index is 509. The van der Waals surface area contributed by atoms with Crippen LogP contribution >= 0.6 is 0 Å². The Labute approximate surface area is 110 Å². The molecule has 1 amide bonds. The lowest BCUT2D eigenvalue weighted by Crippen LogP contribution is -2.50. The molecule has 1 aliphatic heterocycles. The van der Waals surface area contributed by atoms with Crippen molar-refractivity contribution in [1.29, 1.82) is 0 Å². The van der Waals surface area contributed by atoms with Gasteiger partial charge in [0.25, 0.3) is 5.91 Å². The van der Waals surface area contributed by atoms with Crippen LogP contribution in [0.4, 0.5) is 0 Å². The number of aryl methyl sites for hydroxylation is 2. The number of rotatable bonds is 2. The summed E-state index contributed by atoms with van der Waals surface area (Å²) in [7, 11) is 0. The van der Waals surface area contributed by atoms with E-state index in [4.69, 9.17) is 20.1 Å². The molecule has 1 atom stereocenters. The number of hydrogen-bond donors (Lipinski definition) is 2. The van der Waals surface area contributed by atoms with E-state index < -0.39 is 6.10 Å². The molecule has 1 aromatic rings. The van der Waals surface area contributed by atoms with Crippen LogP contribution in [0.15, 0.2) is 15.6 Å². The van der Waals surface area contributed by atoms with Gasteiger partial charge in [-0.3, -0.25) is 4.79 Å². The van der Waals surface area contributed by atoms with E-state index in [0.717, 1.165) is 0 Å². The van der Waals surface area contributed by atoms with Gasteiger partial charge in [0.2, 0.25) is 0 Å². The van der Waals surface area contributed by atoms with Crippen molar-refractivity contribution in [3.05, 3.63) is 23.2 Å². The van der Waals surface area contributed by atoms with E-state index >= 15 is 0 Å². The zero-order valence-electron chi connectivity index (χ0n) is 10.9. The van der Waals surface area contributed by atoms with Crippen molar-refractivity contribution in [2.24, 2.45) is 10.9 Å². The molecule has 7 nitrogen and oxygen atoms in total. The van der Waals surface area contributed by atoms with E-state index in [2.05, 4.69) is 5.16 Å². The summed E-state index contributed by atoms with van der Waals surface area (Å²) in [6, 6.07) is 1.71. The van der Waals surface area contributed by atoms with E-state index in [1.165, 1.54) is 0 Å². The number of amides is 1. The zero-order valence-corrected chi connectivity index (χ0v) is 10.9. The third kappa shape index (κ3) is 2.70. The lowest BCUT2D eigenvalue weighted by molar-refractivity contribution is 0.00667. The van der Waals surface area contributed by atoms with Crippen LogP contribution < -0.4 is 5.73 Å². The molecule has 0 aromatic carbocycles. The Balaban J connectivity index is 2.13. The number of oxime groups is 1. The molecule has 104 valence electrons. The second-order valence-electron chi connectivity index (χ2n) is 4.46. The van der Waals surface area contributed by atoms with Crippen LogP contribution in [0.2, 0.25) is 0 Å². The molecule has 0 saturated carbocycles. The maximum atomic E-state index is 12.4. The van der Waals surface area contributed by atoms with E-state index in [1.807, 2.05) is 0 Å². The highest BCUT2D eigenvalue weighted by Crippen LogP contribution is 2.17. The second kappa shape index (κ2) is 5.31. The first kappa shape index (κ1) is 13.4. The maximum absolute atomic E-state index is 12.4. The van der Waals surface area contributed by atoms with Crippen molar-refractivity contribution in [2.75, 3.05) is 19.7 Å². The predicted octanol–water partition coefficient (Wildman–Crippen LogP) is 0.484. The minimum absolute atomic E-state index is 0.0300. The molecule has 7 heteroatoms. The lowest BCUT2D eigenvalue weighted by atomic mass is 10.2. The Kier molecular flexibility index (Phi) is 3.75. The first-order valence-corrected chi connectivity index (χ1v) is 5.98. The number of ether oxygens (including phenoxy) is 1. The number of nitrogens with two attached hydrogens (primary N) is 1. The first-order chi connectivity index (χ1) is 9.02. The molecule has 1 saturated heterocycles. The molecule has 1 unspecified atom stereocenters. The zero-order chi connectivity index (χ0) is 14.0. The third-order valence-electron chi connectivity index (χ3n) is 3.07. The molecule has 2 rings (SSSR count). The molecule has 0 bridgehead atoms. The van der Waals surface area contributed by atoms with Crippen molar-refractivity contribution in [2.45, 2.75) is 20.0 Å². The van der Waals surface area contributed by atoms with Crippen LogP contribution in [0.3, 0.4) is 0 Å². The number of carbonyl (C=O) groups is 1. The van der Waals surface area contributed by atoms with E-state index in [-0.39, 0.29) is 18.3 Å². The van der Waals surface area contributed by atoms with Crippen LogP contribution in [0, 0.1) is 13.8 Å². The summed E-state index contributed by atoms with van der Waals surface area (Å²) in [5.41, 5.74) is 6.04. The average Bonchev–Trinajstić information content (AvgIpc) is 2.76. The minimum atomic E-state index is -0.573. The molecule has 19 heavy (non-hydrogen) atoms. The summed E-state index contributed by atoms with van der Waals surface area (Å²) in [4.78, 5) is 14.0. The summed E-state index contributed by atoms with van der Waals surface area (Å²) in [5.74, 6) is 1.13. The quantitative estimate of drug-likeness (QED) is 0.351. The van der Waals surface area contributed by atoms with E-state index in [9.17, 15) is 4.79 Å². The topological polar surface area (TPSA) is 101 Å². The summed E-state index contributed by atoms with van der Waals surface area (Å²) in [6.07, 6.45) is -0.573. The Morgan fingerprint density at radius 1 is 1.58 bits per heavy atom. The molecule has 2 heterocycles. The molecule has 1 fully saturated rings. The minimum Gasteiger partial charge on any atom is -0.466 e. The van der Waals surface area contributed by atoms with Gasteiger partial charge in [-0.1, -0.05) is 5.16 Å². The molecule has 0 spiro atoms. The molecule has 0 aliphatic carbocycles. The fourth-order valence-corrected chi connectivity index (χ4v) is 2.09. The number of furan rings is 1. The predicted molar refractivity (Wildman–Crippen MR) is 67.2 cm³/mol. The van der Waals surface area contributed by atoms with Gasteiger partial charge in [0.1, 0.15) is 17.6 Å². The van der Waals surface area contributed by atoms with Gasteiger partial charge >= 0.3 is 0 Å². The monoisotopic (exact) mass is 267 g/mol. The van der Waals surface area contributed by atoms with Gasteiger partial charge < -0.3 is 25.0 Å². The number of amidine groups is 1. The fourth-order valence-electron chi connectivity index (χ4n) is 2.09. The van der Waals surface area contributed by atoms with Crippen LogP contribution in [-0.2, 0) is 4.74 Å². The van der Waals surface area contributed by atoms with Gasteiger partial charge in [-0.05, 0) is 19.9 Å². The highest BCUT2D eigenvalue weighted by Gasteiger charge is 2.29. The first-order valence-electron chi connectivity index (χ1n) is 5.98. The van der Waals surface area contributed by atoms with Gasteiger partial charge in [-0.25, -0.2) is 0 Å². The number of hydrogen-bond acceptors (Lipinski definition) is 5. The van der Waals surface area contributed by atoms with Crippen molar-refractivity contribution in [1.82, 2.24) is 4.90 Å². The normalized spacial score (nSPS) is 20.6. The highest BCUT2D eigenvalue weighted by molar-refractivity contribution is 5.96. The van der Waals surface area contributed by atoms with Crippen LogP contribution in [-0.4, -0.2) is 47.7 Å². The fraction of sp³-hybridized carbons (Fsp3) is 0.500. The van der Waals surface area contributed by atoms with E-state index in [1.54, 1.807) is 24.8 Å². The average molecular weight is 267 g/mol. The van der Waals surface area contributed by atoms with Crippen molar-refractivity contribution in [3.63, 3.8) is 0 Å². The van der Waals surface area contributed by atoms with Crippen LogP contribution in [0.25, 0.3) is 0 Å². The lowest BCUT2D eigenvalue weighted by Gasteiger charge is -2.32. The van der Waals surface area contributed by atoms with Crippen molar-refractivity contribution >= 4 is 11.7 Å². The van der Waals surface area contributed by atoms with Gasteiger partial charge in [0.15, 0.2) is 5.84 Å². The van der Waals surface area contributed by atoms with Gasteiger partial charge in [-0.15, -0.1) is 0 Å². The molecule has 0 radical (unpaired) electrons. The number of carbonyl (C=O) groups excluding carboxylic acids is 1. The van der Waals surface area contributed by atoms with E-state index in [0.29, 0.717) is 30.2 Å². The summed E-state index contributed by atoms with van der Waals surface area (Å²) in [5, 5.41) is 11.6. The van der Waals surface area contributed by atoms with Gasteiger partial charge in [0.05, 0.1) is 18.7 Å². The molecule has 1 aliphatic rings. The second-order valence-corrected chi connectivity index (χ2v) is 4.46. The Morgan fingerprint density at radius 3 is 2.89 bits per heavy atom. The standard InChI is InChI=1S/C12H17N3O4/c1-7-5-9(8(2)19-7)12(16)15-3-4-18-10(6-15)11(13)14-17/h5,10,17H,3-4,6H2,1-2H3,(H2,13,14). The van der Waals surface area contributed by atoms with Crippen LogP contribution in [0.5, 0.6) is 0 Å². The molecular weight excluding hydrogens is 250 g/mol. The van der Waals surface area contributed by atoms with Gasteiger partial charge in [-0.2, -0.15) is 0 Å². The van der Waals surface area contributed by atoms with Crippen LogP contribution in [0.1, 0.15) is 21.9 Å². The molecule has 1 aromatic heterocycles. The highest BCUT2D eigenvalue weighted by atomic mass is 16.5. The third-order valence-corrected chi connectivity index (χ3v) is 3.07. The summed E-state index contributed by atoms with van der Waals surface area (Å²) >= 11 is 0. The largest absolute Gasteiger partial charge is 0.466 e. The summed E-state index contributed by atoms with van der Waals surface area (Å²) in [6.45, 7) is 4.63.